The number of ether oxygens (including phenoxy) is 3. The summed E-state index contributed by atoms with van der Waals surface area (Å²) >= 11 is 0. The predicted octanol–water partition coefficient (Wildman–Crippen LogP) is 3.07. The summed E-state index contributed by atoms with van der Waals surface area (Å²) < 4.78 is 17.3. The van der Waals surface area contributed by atoms with Crippen LogP contribution in [0.3, 0.4) is 0 Å². The Balaban J connectivity index is 2.48. The molecule has 0 bridgehead atoms. The molecular formula is C25H39N3O5S2. The van der Waals surface area contributed by atoms with Crippen molar-refractivity contribution >= 4 is 33.4 Å². The van der Waals surface area contributed by atoms with Crippen molar-refractivity contribution in [2.75, 3.05) is 46.1 Å². The summed E-state index contributed by atoms with van der Waals surface area (Å²) in [5, 5.41) is 5.44. The van der Waals surface area contributed by atoms with Crippen molar-refractivity contribution in [3.63, 3.8) is 0 Å². The second kappa shape index (κ2) is 17.5. The zero-order valence-corrected chi connectivity index (χ0v) is 23.0. The summed E-state index contributed by atoms with van der Waals surface area (Å²) in [6, 6.07) is 6.98. The summed E-state index contributed by atoms with van der Waals surface area (Å²) in [6.45, 7) is 12.3. The van der Waals surface area contributed by atoms with Crippen molar-refractivity contribution in [2.24, 2.45) is 11.7 Å². The van der Waals surface area contributed by atoms with Crippen molar-refractivity contribution in [2.45, 2.75) is 44.8 Å². The molecule has 4 N–H and O–H groups in total. The average molecular weight is 526 g/mol. The minimum Gasteiger partial charge on any atom is -0.490 e. The molecule has 0 fully saturated rings. The molecule has 196 valence electrons. The Morgan fingerprint density at radius 1 is 1.17 bits per heavy atom. The molecule has 0 saturated carbocycles. The van der Waals surface area contributed by atoms with Crippen LogP contribution in [0.25, 0.3) is 0 Å². The van der Waals surface area contributed by atoms with E-state index in [9.17, 15) is 9.59 Å². The molecular weight excluding hydrogens is 486 g/mol. The first-order valence-corrected chi connectivity index (χ1v) is 13.8. The molecule has 0 aromatic heterocycles. The van der Waals surface area contributed by atoms with Gasteiger partial charge in [0.2, 0.25) is 5.91 Å². The number of hydrogen-bond acceptors (Lipinski definition) is 8. The largest absolute Gasteiger partial charge is 0.490 e. The lowest BCUT2D eigenvalue weighted by Crippen LogP contribution is -2.29. The first kappa shape index (κ1) is 31.1. The lowest BCUT2D eigenvalue weighted by molar-refractivity contribution is -0.126. The molecule has 1 rings (SSSR count). The monoisotopic (exact) mass is 525 g/mol. The first-order chi connectivity index (χ1) is 16.6. The van der Waals surface area contributed by atoms with Crippen LogP contribution in [0.2, 0.25) is 0 Å². The zero-order chi connectivity index (χ0) is 26.1. The molecule has 0 aliphatic heterocycles. The Morgan fingerprint density at radius 2 is 1.94 bits per heavy atom. The summed E-state index contributed by atoms with van der Waals surface area (Å²) in [6.07, 6.45) is 0. The molecule has 35 heavy (non-hydrogen) atoms. The highest BCUT2D eigenvalue weighted by Crippen LogP contribution is 2.38. The Kier molecular flexibility index (Phi) is 15.6. The molecule has 0 radical (unpaired) electrons. The van der Waals surface area contributed by atoms with Crippen LogP contribution in [0.5, 0.6) is 5.75 Å². The van der Waals surface area contributed by atoms with Gasteiger partial charge in [-0.25, -0.2) is 0 Å². The molecule has 0 saturated heterocycles. The topological polar surface area (TPSA) is 112 Å². The van der Waals surface area contributed by atoms with Crippen LogP contribution in [0, 0.1) is 17.8 Å². The third kappa shape index (κ3) is 16.4. The van der Waals surface area contributed by atoms with Crippen LogP contribution < -0.4 is 21.1 Å². The number of nitrogens with one attached hydrogen (secondary N) is 2. The van der Waals surface area contributed by atoms with Crippen molar-refractivity contribution < 1.29 is 23.8 Å². The Hall–Kier alpha value is -1.90. The smallest absolute Gasteiger partial charge is 0.251 e. The average Bonchev–Trinajstić information content (AvgIpc) is 2.80. The number of benzene rings is 1. The molecule has 0 spiro atoms. The van der Waals surface area contributed by atoms with Gasteiger partial charge in [-0.05, 0) is 18.2 Å². The van der Waals surface area contributed by atoms with Gasteiger partial charge in [-0.2, -0.15) is 0 Å². The van der Waals surface area contributed by atoms with Crippen LogP contribution in [-0.4, -0.2) is 68.1 Å². The summed E-state index contributed by atoms with van der Waals surface area (Å²) in [5.74, 6) is 6.33. The number of hydrogen-bond donors (Lipinski definition) is 3. The van der Waals surface area contributed by atoms with E-state index in [1.54, 1.807) is 45.9 Å². The van der Waals surface area contributed by atoms with Crippen LogP contribution in [-0.2, 0) is 14.3 Å². The van der Waals surface area contributed by atoms with E-state index in [0.717, 1.165) is 0 Å². The quantitative estimate of drug-likeness (QED) is 0.139. The number of rotatable bonds is 15. The molecule has 0 aliphatic carbocycles. The van der Waals surface area contributed by atoms with E-state index < -0.39 is 0 Å². The van der Waals surface area contributed by atoms with Crippen molar-refractivity contribution in [1.29, 1.82) is 0 Å². The van der Waals surface area contributed by atoms with E-state index in [2.05, 4.69) is 43.2 Å². The van der Waals surface area contributed by atoms with Crippen LogP contribution in [0.15, 0.2) is 24.3 Å². The molecule has 0 heterocycles. The standard InChI is InChI=1S/C25H39N3O5S2/c1-19(2)8-7-12-27-22(29)17-31-14-15-32-23(34-35-25(3,4)5)18-33-21-10-6-9-20(16-21)24(30)28-13-11-26/h6,9-10,16,19,23H,11-15,17-18,26H2,1-5H3,(H,27,29)(H,28,30)/t23-/m0/s1. The second-order valence-electron chi connectivity index (χ2n) is 8.78. The first-order valence-electron chi connectivity index (χ1n) is 11.6. The minimum atomic E-state index is -0.266. The predicted molar refractivity (Wildman–Crippen MR) is 144 cm³/mol. The maximum absolute atomic E-state index is 12.2. The van der Waals surface area contributed by atoms with Gasteiger partial charge in [0.05, 0.1) is 19.8 Å². The zero-order valence-electron chi connectivity index (χ0n) is 21.3. The van der Waals surface area contributed by atoms with Gasteiger partial charge in [0.25, 0.3) is 5.91 Å². The van der Waals surface area contributed by atoms with Gasteiger partial charge < -0.3 is 30.6 Å². The minimum absolute atomic E-state index is 0.0420. The van der Waals surface area contributed by atoms with Gasteiger partial charge >= 0.3 is 0 Å². The number of nitrogens with two attached hydrogens (primary N) is 1. The third-order valence-electron chi connectivity index (χ3n) is 3.85. The third-order valence-corrected chi connectivity index (χ3v) is 7.36. The summed E-state index contributed by atoms with van der Waals surface area (Å²) in [5.41, 5.74) is 5.68. The van der Waals surface area contributed by atoms with Crippen LogP contribution in [0.1, 0.15) is 45.0 Å². The number of amides is 2. The highest BCUT2D eigenvalue weighted by Gasteiger charge is 2.18. The Bertz CT molecular complexity index is 834. The molecule has 0 aliphatic rings. The Morgan fingerprint density at radius 3 is 2.63 bits per heavy atom. The fourth-order valence-corrected chi connectivity index (χ4v) is 4.53. The highest BCUT2D eigenvalue weighted by atomic mass is 33.1. The molecule has 2 amide bonds. The van der Waals surface area contributed by atoms with Crippen LogP contribution in [0.4, 0.5) is 0 Å². The maximum Gasteiger partial charge on any atom is 0.251 e. The number of carbonyl (C=O) groups excluding carboxylic acids is 2. The van der Waals surface area contributed by atoms with Crippen LogP contribution >= 0.6 is 21.6 Å². The van der Waals surface area contributed by atoms with Gasteiger partial charge in [0.1, 0.15) is 24.4 Å². The van der Waals surface area contributed by atoms with E-state index in [0.29, 0.717) is 37.6 Å². The van der Waals surface area contributed by atoms with Gasteiger partial charge in [-0.1, -0.05) is 74.1 Å². The molecule has 1 aromatic rings. The summed E-state index contributed by atoms with van der Waals surface area (Å²) in [4.78, 5) is 23.9. The SMILES string of the molecule is CC(C)C#CCNC(=O)COCCO[C@H](COc1cccc(C(=O)NCCN)c1)SSC(C)(C)C. The van der Waals surface area contributed by atoms with Gasteiger partial charge in [-0.3, -0.25) is 9.59 Å². The molecule has 10 heteroatoms. The fourth-order valence-electron chi connectivity index (χ4n) is 2.33. The lowest BCUT2D eigenvalue weighted by atomic mass is 10.2. The van der Waals surface area contributed by atoms with Crippen molar-refractivity contribution in [1.82, 2.24) is 10.6 Å². The molecule has 1 atom stereocenters. The van der Waals surface area contributed by atoms with Crippen molar-refractivity contribution in [3.05, 3.63) is 29.8 Å². The van der Waals surface area contributed by atoms with Gasteiger partial charge in [0, 0.05) is 29.3 Å². The van der Waals surface area contributed by atoms with E-state index in [1.165, 1.54) is 0 Å². The summed E-state index contributed by atoms with van der Waals surface area (Å²) in [7, 11) is 3.27. The molecule has 1 aromatic carbocycles. The maximum atomic E-state index is 12.2. The van der Waals surface area contributed by atoms with Gasteiger partial charge in [0.15, 0.2) is 0 Å². The highest BCUT2D eigenvalue weighted by molar-refractivity contribution is 8.77. The fraction of sp³-hybridized carbons (Fsp3) is 0.600. The Labute approximate surface area is 217 Å². The van der Waals surface area contributed by atoms with E-state index in [-0.39, 0.29) is 47.7 Å². The normalized spacial score (nSPS) is 12.0. The van der Waals surface area contributed by atoms with E-state index in [1.807, 2.05) is 13.8 Å². The molecule has 0 unspecified atom stereocenters. The number of carbonyl (C=O) groups is 2. The molecule has 8 nitrogen and oxygen atoms in total. The second-order valence-corrected chi connectivity index (χ2v) is 12.0. The van der Waals surface area contributed by atoms with E-state index >= 15 is 0 Å². The lowest BCUT2D eigenvalue weighted by Gasteiger charge is -2.22. The van der Waals surface area contributed by atoms with Crippen molar-refractivity contribution in [3.8, 4) is 17.6 Å². The van der Waals surface area contributed by atoms with Gasteiger partial charge in [-0.15, -0.1) is 0 Å². The van der Waals surface area contributed by atoms with E-state index in [4.69, 9.17) is 19.9 Å².